The van der Waals surface area contributed by atoms with E-state index in [1.165, 1.54) is 17.3 Å². The van der Waals surface area contributed by atoms with E-state index in [4.69, 9.17) is 4.74 Å². The van der Waals surface area contributed by atoms with Crippen LogP contribution in [0.5, 0.6) is 0 Å². The molecule has 4 rings (SSSR count). The number of carbonyl (C=O) groups excluding carboxylic acids is 1. The summed E-state index contributed by atoms with van der Waals surface area (Å²) in [7, 11) is 0. The van der Waals surface area contributed by atoms with Gasteiger partial charge in [-0.15, -0.1) is 4.57 Å². The summed E-state index contributed by atoms with van der Waals surface area (Å²) >= 11 is 1.50. The number of thioether (sulfide) groups is 1. The number of benzene rings is 3. The van der Waals surface area contributed by atoms with E-state index in [9.17, 15) is 4.79 Å². The molecule has 0 N–H and O–H groups in total. The zero-order valence-electron chi connectivity index (χ0n) is 18.7. The van der Waals surface area contributed by atoms with Gasteiger partial charge in [-0.3, -0.25) is 4.79 Å². The van der Waals surface area contributed by atoms with Crippen LogP contribution in [0.1, 0.15) is 12.5 Å². The fraction of sp³-hybridized carbons (Fsp3) is 0.143. The average Bonchev–Trinajstić information content (AvgIpc) is 2.84. The Labute approximate surface area is 205 Å². The summed E-state index contributed by atoms with van der Waals surface area (Å²) in [6, 6.07) is 33.6. The Hall–Kier alpha value is -3.08. The highest BCUT2D eigenvalue weighted by Crippen LogP contribution is 2.30. The van der Waals surface area contributed by atoms with E-state index in [0.29, 0.717) is 6.61 Å². The predicted octanol–water partition coefficient (Wildman–Crippen LogP) is 3.26. The van der Waals surface area contributed by atoms with Crippen LogP contribution >= 0.6 is 11.8 Å². The highest BCUT2D eigenvalue weighted by molar-refractivity contribution is 7.99. The lowest BCUT2D eigenvalue weighted by Crippen LogP contribution is -3.00. The number of pyridine rings is 1. The molecule has 1 heterocycles. The van der Waals surface area contributed by atoms with Crippen LogP contribution in [-0.4, -0.2) is 18.3 Å². The Balaban J connectivity index is 0.00000306. The summed E-state index contributed by atoms with van der Waals surface area (Å²) < 4.78 is 7.41. The second-order valence-corrected chi connectivity index (χ2v) is 8.46. The fourth-order valence-corrected chi connectivity index (χ4v) is 4.48. The average molecular weight is 476 g/mol. The van der Waals surface area contributed by atoms with E-state index in [-0.39, 0.29) is 24.1 Å². The van der Waals surface area contributed by atoms with Crippen molar-refractivity contribution in [2.45, 2.75) is 18.9 Å². The van der Waals surface area contributed by atoms with Crippen molar-refractivity contribution in [3.63, 3.8) is 0 Å². The van der Waals surface area contributed by atoms with Crippen molar-refractivity contribution in [2.24, 2.45) is 0 Å². The van der Waals surface area contributed by atoms with Crippen LogP contribution in [0.2, 0.25) is 0 Å². The maximum absolute atomic E-state index is 12.2. The molecule has 0 unspecified atom stereocenters. The molecular weight excluding hydrogens is 450 g/mol. The molecule has 0 saturated carbocycles. The number of ether oxygens (including phenoxy) is 1. The Kier molecular flexibility index (Phi) is 8.70. The van der Waals surface area contributed by atoms with E-state index in [2.05, 4.69) is 84.3 Å². The molecule has 3 aromatic carbocycles. The zero-order chi connectivity index (χ0) is 22.3. The van der Waals surface area contributed by atoms with Gasteiger partial charge in [0.1, 0.15) is 5.75 Å². The van der Waals surface area contributed by atoms with Crippen LogP contribution in [0.15, 0.2) is 102 Å². The van der Waals surface area contributed by atoms with Crippen molar-refractivity contribution in [1.82, 2.24) is 0 Å². The molecule has 0 bridgehead atoms. The van der Waals surface area contributed by atoms with Gasteiger partial charge in [0.25, 0.3) is 0 Å². The summed E-state index contributed by atoms with van der Waals surface area (Å²) in [6.45, 7) is 4.30. The second kappa shape index (κ2) is 11.7. The number of halogens is 1. The zero-order valence-corrected chi connectivity index (χ0v) is 20.3. The van der Waals surface area contributed by atoms with Gasteiger partial charge < -0.3 is 17.1 Å². The van der Waals surface area contributed by atoms with E-state index < -0.39 is 0 Å². The molecule has 0 aliphatic carbocycles. The summed E-state index contributed by atoms with van der Waals surface area (Å²) in [5.41, 5.74) is 6.70. The number of esters is 1. The van der Waals surface area contributed by atoms with Crippen LogP contribution in [-0.2, 0) is 9.53 Å². The van der Waals surface area contributed by atoms with E-state index in [1.807, 2.05) is 31.2 Å². The first-order chi connectivity index (χ1) is 15.7. The van der Waals surface area contributed by atoms with Crippen molar-refractivity contribution in [3.05, 3.63) is 103 Å². The summed E-state index contributed by atoms with van der Waals surface area (Å²) in [5, 5.41) is 0.988. The molecule has 4 aromatic rings. The van der Waals surface area contributed by atoms with E-state index >= 15 is 0 Å². The van der Waals surface area contributed by atoms with Gasteiger partial charge in [0.05, 0.1) is 6.61 Å². The maximum Gasteiger partial charge on any atom is 0.316 e. The smallest absolute Gasteiger partial charge is 0.316 e. The number of nitrogens with zero attached hydrogens (tertiary/aromatic N) is 1. The standard InChI is InChI=1S/C28H26NO2S.ClH/c1-3-31-28(30)20-32-27-19-24(22-10-6-4-7-11-22)18-26(23-12-8-5-9-13-23)29(27)25-16-14-21(2)15-17-25;/h4-19H,3,20H2,1-2H3;1H/q+1;/p-1. The highest BCUT2D eigenvalue weighted by atomic mass is 35.5. The first-order valence-electron chi connectivity index (χ1n) is 10.7. The quantitative estimate of drug-likeness (QED) is 0.233. The molecule has 0 saturated heterocycles. The third-order valence-corrected chi connectivity index (χ3v) is 6.12. The van der Waals surface area contributed by atoms with Gasteiger partial charge in [0.15, 0.2) is 0 Å². The summed E-state index contributed by atoms with van der Waals surface area (Å²) in [5.74, 6) is 0.0472. The monoisotopic (exact) mass is 475 g/mol. The van der Waals surface area contributed by atoms with Crippen LogP contribution in [0.4, 0.5) is 0 Å². The SMILES string of the molecule is CCOC(=O)CSc1cc(-c2ccccc2)cc(-c2ccccc2)[n+]1-c1ccc(C)cc1.[Cl-]. The minimum atomic E-state index is -0.209. The van der Waals surface area contributed by atoms with Crippen molar-refractivity contribution in [3.8, 4) is 28.1 Å². The van der Waals surface area contributed by atoms with Crippen LogP contribution in [0, 0.1) is 6.92 Å². The third-order valence-electron chi connectivity index (χ3n) is 5.14. The number of rotatable bonds is 7. The number of carbonyl (C=O) groups is 1. The van der Waals surface area contributed by atoms with Gasteiger partial charge in [-0.05, 0) is 48.9 Å². The minimum Gasteiger partial charge on any atom is -1.00 e. The lowest BCUT2D eigenvalue weighted by atomic mass is 10.0. The number of hydrogen-bond donors (Lipinski definition) is 0. The summed E-state index contributed by atoms with van der Waals surface area (Å²) in [6.07, 6.45) is 0. The normalized spacial score (nSPS) is 10.4. The minimum absolute atomic E-state index is 0. The van der Waals surface area contributed by atoms with Crippen molar-refractivity contribution in [1.29, 1.82) is 0 Å². The second-order valence-electron chi connectivity index (χ2n) is 7.46. The topological polar surface area (TPSA) is 30.2 Å². The molecule has 0 atom stereocenters. The molecule has 168 valence electrons. The Morgan fingerprint density at radius 2 is 1.42 bits per heavy atom. The van der Waals surface area contributed by atoms with Crippen LogP contribution < -0.4 is 17.0 Å². The van der Waals surface area contributed by atoms with Gasteiger partial charge in [0, 0.05) is 29.8 Å². The highest BCUT2D eigenvalue weighted by Gasteiger charge is 2.25. The third kappa shape index (κ3) is 6.04. The molecule has 5 heteroatoms. The van der Waals surface area contributed by atoms with Crippen LogP contribution in [0.3, 0.4) is 0 Å². The maximum atomic E-state index is 12.2. The molecule has 0 aliphatic rings. The first kappa shape index (κ1) is 24.6. The number of aryl methyl sites for hydroxylation is 1. The molecule has 0 radical (unpaired) electrons. The molecule has 33 heavy (non-hydrogen) atoms. The largest absolute Gasteiger partial charge is 1.00 e. The lowest BCUT2D eigenvalue weighted by molar-refractivity contribution is -0.624. The van der Waals surface area contributed by atoms with Crippen molar-refractivity contribution >= 4 is 17.7 Å². The number of aromatic nitrogens is 1. The molecule has 0 spiro atoms. The molecule has 0 fully saturated rings. The molecule has 0 amide bonds. The van der Waals surface area contributed by atoms with Gasteiger partial charge in [-0.25, -0.2) is 0 Å². The van der Waals surface area contributed by atoms with Crippen molar-refractivity contribution in [2.75, 3.05) is 12.4 Å². The number of hydrogen-bond acceptors (Lipinski definition) is 3. The van der Waals surface area contributed by atoms with Gasteiger partial charge in [-0.1, -0.05) is 66.2 Å². The lowest BCUT2D eigenvalue weighted by Gasteiger charge is -2.12. The molecular formula is C28H26ClNO2S. The van der Waals surface area contributed by atoms with E-state index in [0.717, 1.165) is 33.1 Å². The van der Waals surface area contributed by atoms with Crippen molar-refractivity contribution < 1.29 is 26.5 Å². The first-order valence-corrected chi connectivity index (χ1v) is 11.7. The van der Waals surface area contributed by atoms with E-state index in [1.54, 1.807) is 0 Å². The molecule has 1 aromatic heterocycles. The summed E-state index contributed by atoms with van der Waals surface area (Å²) in [4.78, 5) is 12.2. The Bertz CT molecular complexity index is 1200. The van der Waals surface area contributed by atoms with Crippen LogP contribution in [0.25, 0.3) is 28.1 Å². The van der Waals surface area contributed by atoms with Gasteiger partial charge in [-0.2, -0.15) is 0 Å². The molecule has 3 nitrogen and oxygen atoms in total. The fourth-order valence-electron chi connectivity index (χ4n) is 3.59. The van der Waals surface area contributed by atoms with Gasteiger partial charge >= 0.3 is 5.97 Å². The Morgan fingerprint density at radius 3 is 2.03 bits per heavy atom. The van der Waals surface area contributed by atoms with Gasteiger partial charge in [0.2, 0.25) is 16.4 Å². The Morgan fingerprint density at radius 1 is 0.818 bits per heavy atom. The predicted molar refractivity (Wildman–Crippen MR) is 131 cm³/mol. The molecule has 0 aliphatic heterocycles.